The van der Waals surface area contributed by atoms with Crippen molar-refractivity contribution in [3.63, 3.8) is 0 Å². The van der Waals surface area contributed by atoms with Gasteiger partial charge in [-0.15, -0.1) is 0 Å². The molecule has 3 unspecified atom stereocenters. The summed E-state index contributed by atoms with van der Waals surface area (Å²) in [4.78, 5) is 27.1. The number of hydrogen-bond donors (Lipinski definition) is 5. The SMILES string of the molecule is CC(C)C(=O)NC1NC(=O)C2NCN([C@@H]3O[C@@H]4CO[Si](C(C)C)(C(C)C)O[Si](C(C)C)(C(C)C)O[C@H]4[C@H]3O)C2N1. The van der Waals surface area contributed by atoms with E-state index in [1.54, 1.807) is 13.8 Å². The molecule has 14 heteroatoms. The topological polar surface area (TPSA) is 143 Å². The van der Waals surface area contributed by atoms with Crippen molar-refractivity contribution in [1.29, 1.82) is 0 Å². The zero-order valence-electron chi connectivity index (χ0n) is 25.7. The number of fused-ring (bicyclic) bond motifs is 2. The molecule has 2 amide bonds. The van der Waals surface area contributed by atoms with E-state index in [4.69, 9.17) is 17.7 Å². The van der Waals surface area contributed by atoms with Crippen molar-refractivity contribution in [2.24, 2.45) is 5.92 Å². The predicted molar refractivity (Wildman–Crippen MR) is 154 cm³/mol. The number of rotatable bonds is 7. The largest absolute Gasteiger partial charge is 0.414 e. The van der Waals surface area contributed by atoms with Crippen LogP contribution in [0.3, 0.4) is 0 Å². The van der Waals surface area contributed by atoms with Gasteiger partial charge >= 0.3 is 17.1 Å². The van der Waals surface area contributed by atoms with Gasteiger partial charge < -0.3 is 33.4 Å². The molecular formula is C26H51N5O7Si2. The van der Waals surface area contributed by atoms with E-state index in [0.717, 1.165) is 0 Å². The lowest BCUT2D eigenvalue weighted by Gasteiger charge is -2.51. The van der Waals surface area contributed by atoms with Crippen LogP contribution in [0.2, 0.25) is 22.2 Å². The molecule has 4 fully saturated rings. The highest BCUT2D eigenvalue weighted by molar-refractivity contribution is 6.84. The van der Waals surface area contributed by atoms with Crippen molar-refractivity contribution in [2.75, 3.05) is 13.3 Å². The second kappa shape index (κ2) is 12.0. The smallest absolute Gasteiger partial charge is 0.335 e. The number of carbonyl (C=O) groups is 2. The van der Waals surface area contributed by atoms with Gasteiger partial charge in [-0.3, -0.25) is 20.2 Å². The summed E-state index contributed by atoms with van der Waals surface area (Å²) < 4.78 is 27.6. The minimum atomic E-state index is -2.93. The fourth-order valence-electron chi connectivity index (χ4n) is 6.52. The van der Waals surface area contributed by atoms with Gasteiger partial charge in [0.2, 0.25) is 11.8 Å². The molecule has 5 N–H and O–H groups in total. The standard InChI is InChI=1S/C26H51N5O7Si2/c1-13(2)23(33)29-26-28-22-19(24(34)30-26)27-12-31(22)25-20(32)21-18(36-25)11-35-39(14(3)4,15(5)6)38-40(37-21,16(7)8)17(9)10/h13-22,25-28,32H,11-12H2,1-10H3,(H,29,33)(H,30,34)/t18-,19?,20-,21-,22?,25-,26?/m1/s1. The first kappa shape index (κ1) is 32.0. The molecule has 0 saturated carbocycles. The lowest BCUT2D eigenvalue weighted by Crippen LogP contribution is -2.72. The van der Waals surface area contributed by atoms with Gasteiger partial charge in [0.1, 0.15) is 30.6 Å². The third-order valence-corrected chi connectivity index (χ3v) is 19.1. The Labute approximate surface area is 241 Å². The molecular weight excluding hydrogens is 550 g/mol. The highest BCUT2D eigenvalue weighted by Gasteiger charge is 2.63. The molecule has 0 aromatic rings. The highest BCUT2D eigenvalue weighted by atomic mass is 28.5. The summed E-state index contributed by atoms with van der Waals surface area (Å²) in [5.74, 6) is -0.646. The summed E-state index contributed by atoms with van der Waals surface area (Å²) in [6.45, 7) is 21.4. The molecule has 0 aromatic heterocycles. The number of nitrogens with one attached hydrogen (secondary N) is 4. The molecule has 12 nitrogen and oxygen atoms in total. The summed E-state index contributed by atoms with van der Waals surface area (Å²) >= 11 is 0. The Morgan fingerprint density at radius 1 is 1.00 bits per heavy atom. The van der Waals surface area contributed by atoms with Crippen molar-refractivity contribution in [2.45, 2.75) is 134 Å². The molecule has 4 rings (SSSR count). The van der Waals surface area contributed by atoms with Gasteiger partial charge in [-0.25, -0.2) is 4.90 Å². The molecule has 4 saturated heterocycles. The summed E-state index contributed by atoms with van der Waals surface area (Å²) in [6.07, 6.45) is -4.13. The van der Waals surface area contributed by atoms with Gasteiger partial charge in [0.25, 0.3) is 0 Å². The Hall–Kier alpha value is -0.946. The normalized spacial score (nSPS) is 36.1. The van der Waals surface area contributed by atoms with Crippen molar-refractivity contribution in [3.8, 4) is 0 Å². The highest BCUT2D eigenvalue weighted by Crippen LogP contribution is 2.47. The van der Waals surface area contributed by atoms with E-state index in [9.17, 15) is 14.7 Å². The molecule has 4 aliphatic rings. The number of carbonyl (C=O) groups excluding carboxylic acids is 2. The quantitative estimate of drug-likeness (QED) is 0.272. The van der Waals surface area contributed by atoms with E-state index < -0.39 is 60.2 Å². The molecule has 230 valence electrons. The molecule has 7 atom stereocenters. The van der Waals surface area contributed by atoms with Crippen LogP contribution in [0.15, 0.2) is 0 Å². The van der Waals surface area contributed by atoms with Crippen LogP contribution < -0.4 is 21.3 Å². The first-order valence-corrected chi connectivity index (χ1v) is 18.8. The van der Waals surface area contributed by atoms with Gasteiger partial charge in [0.15, 0.2) is 6.29 Å². The average molecular weight is 602 g/mol. The maximum absolute atomic E-state index is 12.9. The Morgan fingerprint density at radius 3 is 2.15 bits per heavy atom. The number of amides is 2. The Balaban J connectivity index is 1.62. The fourth-order valence-corrected chi connectivity index (χ4v) is 17.7. The maximum atomic E-state index is 12.9. The second-order valence-corrected chi connectivity index (χ2v) is 22.0. The van der Waals surface area contributed by atoms with Gasteiger partial charge in [-0.2, -0.15) is 0 Å². The van der Waals surface area contributed by atoms with E-state index >= 15 is 0 Å². The van der Waals surface area contributed by atoms with Crippen LogP contribution in [-0.4, -0.2) is 95.3 Å². The van der Waals surface area contributed by atoms with Crippen LogP contribution >= 0.6 is 0 Å². The van der Waals surface area contributed by atoms with Crippen molar-refractivity contribution >= 4 is 28.9 Å². The van der Waals surface area contributed by atoms with E-state index in [2.05, 4.69) is 76.7 Å². The molecule has 0 aliphatic carbocycles. The molecule has 0 bridgehead atoms. The van der Waals surface area contributed by atoms with Crippen molar-refractivity contribution in [3.05, 3.63) is 0 Å². The number of nitrogens with zero attached hydrogens (tertiary/aromatic N) is 1. The van der Waals surface area contributed by atoms with E-state index in [1.165, 1.54) is 0 Å². The van der Waals surface area contributed by atoms with Crippen LogP contribution in [0, 0.1) is 5.92 Å². The van der Waals surface area contributed by atoms with Crippen molar-refractivity contribution < 1.29 is 32.4 Å². The number of aliphatic hydroxyl groups excluding tert-OH is 1. The molecule has 0 aromatic carbocycles. The molecule has 0 radical (unpaired) electrons. The summed E-state index contributed by atoms with van der Waals surface area (Å²) in [5, 5.41) is 23.9. The van der Waals surface area contributed by atoms with E-state index in [0.29, 0.717) is 6.67 Å². The Morgan fingerprint density at radius 2 is 1.60 bits per heavy atom. The lowest BCUT2D eigenvalue weighted by molar-refractivity contribution is -0.136. The van der Waals surface area contributed by atoms with E-state index in [1.807, 2.05) is 4.90 Å². The summed E-state index contributed by atoms with van der Waals surface area (Å²) in [6, 6.07) is -0.571. The zero-order chi connectivity index (χ0) is 29.7. The van der Waals surface area contributed by atoms with Gasteiger partial charge in [0.05, 0.1) is 19.4 Å². The predicted octanol–water partition coefficient (Wildman–Crippen LogP) is 1.36. The van der Waals surface area contributed by atoms with Crippen LogP contribution in [0.4, 0.5) is 0 Å². The first-order chi connectivity index (χ1) is 18.6. The summed E-state index contributed by atoms with van der Waals surface area (Å²) in [7, 11) is -5.67. The Kier molecular flexibility index (Phi) is 9.57. The van der Waals surface area contributed by atoms with Crippen LogP contribution in [0.25, 0.3) is 0 Å². The lowest BCUT2D eigenvalue weighted by atomic mass is 10.1. The molecule has 40 heavy (non-hydrogen) atoms. The van der Waals surface area contributed by atoms with Gasteiger partial charge in [-0.05, 0) is 22.2 Å². The monoisotopic (exact) mass is 601 g/mol. The summed E-state index contributed by atoms with van der Waals surface area (Å²) in [5.41, 5.74) is 0.644. The third-order valence-electron chi connectivity index (χ3n) is 8.85. The minimum Gasteiger partial charge on any atom is -0.414 e. The van der Waals surface area contributed by atoms with Gasteiger partial charge in [-0.1, -0.05) is 69.2 Å². The van der Waals surface area contributed by atoms with Crippen molar-refractivity contribution in [1.82, 2.24) is 26.2 Å². The van der Waals surface area contributed by atoms with Gasteiger partial charge in [0, 0.05) is 5.92 Å². The van der Waals surface area contributed by atoms with Crippen LogP contribution in [0.5, 0.6) is 0 Å². The number of ether oxygens (including phenoxy) is 1. The number of aliphatic hydroxyl groups is 1. The molecule has 4 aliphatic heterocycles. The van der Waals surface area contributed by atoms with E-state index in [-0.39, 0.29) is 46.5 Å². The number of hydrogen-bond acceptors (Lipinski definition) is 10. The Bertz CT molecular complexity index is 923. The molecule has 0 spiro atoms. The van der Waals surface area contributed by atoms with Crippen LogP contribution in [0.1, 0.15) is 69.2 Å². The maximum Gasteiger partial charge on any atom is 0.335 e. The first-order valence-electron chi connectivity index (χ1n) is 14.9. The second-order valence-electron chi connectivity index (χ2n) is 13.2. The molecule has 4 heterocycles. The minimum absolute atomic E-state index is 0.123. The zero-order valence-corrected chi connectivity index (χ0v) is 27.7. The third kappa shape index (κ3) is 5.56. The van der Waals surface area contributed by atoms with Crippen LogP contribution in [-0.2, 0) is 27.3 Å². The average Bonchev–Trinajstić information content (AvgIpc) is 3.39. The fraction of sp³-hybridized carbons (Fsp3) is 0.923.